The molecule has 194 valence electrons. The highest BCUT2D eigenvalue weighted by atomic mass is 16.5. The first-order chi connectivity index (χ1) is 18.5. The second-order valence-corrected chi connectivity index (χ2v) is 10.8. The van der Waals surface area contributed by atoms with E-state index in [0.29, 0.717) is 25.1 Å². The average molecular weight is 512 g/mol. The molecular weight excluding hydrogens is 482 g/mol. The number of carbonyl (C=O) groups is 3. The van der Waals surface area contributed by atoms with Crippen LogP contribution in [0.3, 0.4) is 0 Å². The zero-order valence-corrected chi connectivity index (χ0v) is 21.1. The maximum absolute atomic E-state index is 13.2. The monoisotopic (exact) mass is 511 g/mol. The summed E-state index contributed by atoms with van der Waals surface area (Å²) in [5, 5.41) is 7.14. The van der Waals surface area contributed by atoms with Gasteiger partial charge in [0.15, 0.2) is 0 Å². The van der Waals surface area contributed by atoms with Gasteiger partial charge in [-0.05, 0) is 56.6 Å². The number of nitrogens with one attached hydrogen (secondary N) is 1. The van der Waals surface area contributed by atoms with Gasteiger partial charge in [0.25, 0.3) is 5.91 Å². The molecule has 1 N–H and O–H groups in total. The van der Waals surface area contributed by atoms with Gasteiger partial charge < -0.3 is 9.64 Å². The lowest BCUT2D eigenvalue weighted by molar-refractivity contribution is -0.136. The molecule has 1 unspecified atom stereocenters. The van der Waals surface area contributed by atoms with Crippen LogP contribution in [0.5, 0.6) is 5.75 Å². The summed E-state index contributed by atoms with van der Waals surface area (Å²) in [6.45, 7) is 3.65. The fraction of sp³-hybridized carbons (Fsp3) is 0.379. The lowest BCUT2D eigenvalue weighted by Gasteiger charge is -2.38. The van der Waals surface area contributed by atoms with E-state index in [1.54, 1.807) is 4.90 Å². The number of benzene rings is 2. The Morgan fingerprint density at radius 1 is 1.03 bits per heavy atom. The van der Waals surface area contributed by atoms with Crippen LogP contribution < -0.4 is 10.1 Å². The third-order valence-electron chi connectivity index (χ3n) is 8.59. The number of nitrogens with zero attached hydrogens (tertiary/aromatic N) is 4. The number of aromatic nitrogens is 2. The van der Waals surface area contributed by atoms with Crippen LogP contribution in [0.15, 0.2) is 54.7 Å². The fourth-order valence-electron chi connectivity index (χ4n) is 6.44. The van der Waals surface area contributed by atoms with Crippen molar-refractivity contribution < 1.29 is 19.1 Å². The predicted octanol–water partition coefficient (Wildman–Crippen LogP) is 2.56. The molecule has 38 heavy (non-hydrogen) atoms. The number of ether oxygens (including phenoxy) is 1. The van der Waals surface area contributed by atoms with Crippen LogP contribution in [0.25, 0.3) is 5.69 Å². The van der Waals surface area contributed by atoms with Gasteiger partial charge in [0.1, 0.15) is 11.8 Å². The van der Waals surface area contributed by atoms with Gasteiger partial charge in [0.05, 0.1) is 24.5 Å². The number of carbonyl (C=O) groups excluding carboxylic acids is 3. The van der Waals surface area contributed by atoms with Crippen LogP contribution in [0.2, 0.25) is 0 Å². The number of rotatable bonds is 4. The van der Waals surface area contributed by atoms with Crippen molar-refractivity contribution in [3.8, 4) is 11.4 Å². The summed E-state index contributed by atoms with van der Waals surface area (Å²) >= 11 is 0. The number of fused-ring (bicyclic) bond motifs is 4. The molecule has 4 aliphatic rings. The second kappa shape index (κ2) is 8.80. The first kappa shape index (κ1) is 23.2. The van der Waals surface area contributed by atoms with E-state index < -0.39 is 11.9 Å². The summed E-state index contributed by atoms with van der Waals surface area (Å²) in [6, 6.07) is 15.6. The Balaban J connectivity index is 1.05. The van der Waals surface area contributed by atoms with E-state index in [-0.39, 0.29) is 23.7 Å². The topological polar surface area (TPSA) is 96.8 Å². The fourth-order valence-corrected chi connectivity index (χ4v) is 6.44. The molecule has 1 atom stereocenters. The Bertz CT molecular complexity index is 1440. The van der Waals surface area contributed by atoms with Gasteiger partial charge in [0, 0.05) is 41.3 Å². The highest BCUT2D eigenvalue weighted by Crippen LogP contribution is 2.49. The van der Waals surface area contributed by atoms with Crippen molar-refractivity contribution in [3.05, 3.63) is 77.1 Å². The second-order valence-electron chi connectivity index (χ2n) is 10.8. The predicted molar refractivity (Wildman–Crippen MR) is 138 cm³/mol. The van der Waals surface area contributed by atoms with Gasteiger partial charge in [-0.1, -0.05) is 24.3 Å². The van der Waals surface area contributed by atoms with Crippen LogP contribution in [0, 0.1) is 0 Å². The van der Waals surface area contributed by atoms with Gasteiger partial charge in [0.2, 0.25) is 11.8 Å². The summed E-state index contributed by atoms with van der Waals surface area (Å²) in [6.07, 6.45) is 4.57. The van der Waals surface area contributed by atoms with E-state index in [0.717, 1.165) is 55.2 Å². The van der Waals surface area contributed by atoms with Crippen LogP contribution >= 0.6 is 0 Å². The molecule has 0 bridgehead atoms. The molecule has 3 aromatic rings. The molecule has 5 heterocycles. The van der Waals surface area contributed by atoms with Gasteiger partial charge >= 0.3 is 0 Å². The number of hydrogen-bond donors (Lipinski definition) is 1. The quantitative estimate of drug-likeness (QED) is 0.541. The van der Waals surface area contributed by atoms with Crippen molar-refractivity contribution >= 4 is 17.7 Å². The SMILES string of the molecule is O=C1CCC(N2Cc3c(ccc4c3OCC43CCN(Cc4ccn(-c5ccccc5)n4)CC3)C2=O)C(=O)N1. The Kier molecular flexibility index (Phi) is 5.36. The molecule has 0 saturated carbocycles. The summed E-state index contributed by atoms with van der Waals surface area (Å²) in [4.78, 5) is 41.2. The smallest absolute Gasteiger partial charge is 0.255 e. The van der Waals surface area contributed by atoms with Crippen LogP contribution in [0.4, 0.5) is 0 Å². The molecule has 2 aromatic carbocycles. The minimum Gasteiger partial charge on any atom is -0.492 e. The first-order valence-electron chi connectivity index (χ1n) is 13.3. The minimum absolute atomic E-state index is 0.0602. The maximum Gasteiger partial charge on any atom is 0.255 e. The van der Waals surface area contributed by atoms with Gasteiger partial charge in [-0.25, -0.2) is 4.68 Å². The van der Waals surface area contributed by atoms with Crippen molar-refractivity contribution in [2.24, 2.45) is 0 Å². The molecular formula is C29H29N5O4. The minimum atomic E-state index is -0.618. The molecule has 0 radical (unpaired) electrons. The zero-order chi connectivity index (χ0) is 25.9. The number of amides is 3. The van der Waals surface area contributed by atoms with Crippen molar-refractivity contribution in [2.75, 3.05) is 19.7 Å². The molecule has 9 heteroatoms. The molecule has 0 aliphatic carbocycles. The lowest BCUT2D eigenvalue weighted by Crippen LogP contribution is -2.52. The zero-order valence-electron chi connectivity index (χ0n) is 21.1. The third-order valence-corrected chi connectivity index (χ3v) is 8.59. The van der Waals surface area contributed by atoms with Crippen LogP contribution in [-0.2, 0) is 28.1 Å². The number of hydrogen-bond acceptors (Lipinski definition) is 6. The Morgan fingerprint density at radius 3 is 2.63 bits per heavy atom. The normalized spacial score (nSPS) is 22.4. The standard InChI is InChI=1S/C29H29N5O4/c35-25-9-8-24(27(36)30-25)33-17-22-21(28(33)37)6-7-23-26(22)38-18-29(23)11-14-32(15-12-29)16-19-10-13-34(31-19)20-4-2-1-3-5-20/h1-7,10,13,24H,8-9,11-12,14-18H2,(H,30,35,36). The van der Waals surface area contributed by atoms with Gasteiger partial charge in [-0.2, -0.15) is 5.10 Å². The highest BCUT2D eigenvalue weighted by molar-refractivity contribution is 6.05. The number of para-hydroxylation sites is 1. The van der Waals surface area contributed by atoms with Crippen LogP contribution in [0.1, 0.15) is 52.9 Å². The summed E-state index contributed by atoms with van der Waals surface area (Å²) < 4.78 is 8.22. The Labute approximate surface area is 220 Å². The van der Waals surface area contributed by atoms with E-state index in [4.69, 9.17) is 9.84 Å². The van der Waals surface area contributed by atoms with E-state index >= 15 is 0 Å². The van der Waals surface area contributed by atoms with E-state index in [9.17, 15) is 14.4 Å². The molecule has 4 aliphatic heterocycles. The van der Waals surface area contributed by atoms with E-state index in [1.807, 2.05) is 47.3 Å². The van der Waals surface area contributed by atoms with E-state index in [1.165, 1.54) is 5.56 Å². The summed E-state index contributed by atoms with van der Waals surface area (Å²) in [5.41, 5.74) is 4.72. The Hall–Kier alpha value is -3.98. The highest BCUT2D eigenvalue weighted by Gasteiger charge is 2.47. The number of piperidine rings is 2. The molecule has 3 amide bonds. The number of imide groups is 1. The lowest BCUT2D eigenvalue weighted by atomic mass is 9.74. The van der Waals surface area contributed by atoms with E-state index in [2.05, 4.69) is 22.3 Å². The number of likely N-dealkylation sites (tertiary alicyclic amines) is 1. The van der Waals surface area contributed by atoms with Crippen LogP contribution in [-0.4, -0.2) is 63.0 Å². The van der Waals surface area contributed by atoms with Gasteiger partial charge in [-0.15, -0.1) is 0 Å². The summed E-state index contributed by atoms with van der Waals surface area (Å²) in [5.74, 6) is -0.0119. The third kappa shape index (κ3) is 3.72. The largest absolute Gasteiger partial charge is 0.492 e. The first-order valence-corrected chi connectivity index (χ1v) is 13.3. The van der Waals surface area contributed by atoms with Gasteiger partial charge in [-0.3, -0.25) is 24.6 Å². The molecule has 9 nitrogen and oxygen atoms in total. The summed E-state index contributed by atoms with van der Waals surface area (Å²) in [7, 11) is 0. The average Bonchev–Trinajstić information content (AvgIpc) is 3.63. The molecule has 2 fully saturated rings. The Morgan fingerprint density at radius 2 is 1.84 bits per heavy atom. The molecule has 2 saturated heterocycles. The molecule has 1 aromatic heterocycles. The molecule has 1 spiro atoms. The van der Waals surface area contributed by atoms with Crippen molar-refractivity contribution in [1.29, 1.82) is 0 Å². The molecule has 7 rings (SSSR count). The van der Waals surface area contributed by atoms with Crippen molar-refractivity contribution in [1.82, 2.24) is 24.9 Å². The van der Waals surface area contributed by atoms with Crippen molar-refractivity contribution in [2.45, 2.75) is 50.2 Å². The maximum atomic E-state index is 13.2. The van der Waals surface area contributed by atoms with Crippen molar-refractivity contribution in [3.63, 3.8) is 0 Å².